The number of nitrogens with two attached hydrogens (primary N) is 1. The summed E-state index contributed by atoms with van der Waals surface area (Å²) in [6, 6.07) is 7.10. The molecule has 6 nitrogen and oxygen atoms in total. The highest BCUT2D eigenvalue weighted by molar-refractivity contribution is 5.87. The molecule has 1 aliphatic carbocycles. The third kappa shape index (κ3) is 6.67. The molecule has 2 atom stereocenters. The molecule has 26 heavy (non-hydrogen) atoms. The van der Waals surface area contributed by atoms with Crippen molar-refractivity contribution in [1.29, 1.82) is 0 Å². The molecule has 144 valence electrons. The summed E-state index contributed by atoms with van der Waals surface area (Å²) in [5, 5.41) is 8.65. The van der Waals surface area contributed by atoms with Crippen LogP contribution in [0.4, 0.5) is 4.79 Å². The van der Waals surface area contributed by atoms with E-state index in [1.807, 2.05) is 45.0 Å². The highest BCUT2D eigenvalue weighted by Gasteiger charge is 2.33. The van der Waals surface area contributed by atoms with Crippen molar-refractivity contribution in [3.8, 4) is 0 Å². The molecule has 1 aromatic rings. The van der Waals surface area contributed by atoms with Crippen molar-refractivity contribution in [3.63, 3.8) is 0 Å². The van der Waals surface area contributed by atoms with Crippen LogP contribution in [0.15, 0.2) is 24.3 Å². The number of hydrogen-bond acceptors (Lipinski definition) is 3. The van der Waals surface area contributed by atoms with Crippen LogP contribution < -0.4 is 21.7 Å². The third-order valence-corrected chi connectivity index (χ3v) is 4.68. The summed E-state index contributed by atoms with van der Waals surface area (Å²) in [6.45, 7) is 6.95. The van der Waals surface area contributed by atoms with E-state index in [0.29, 0.717) is 31.3 Å². The monoisotopic (exact) mass is 360 g/mol. The first-order valence-electron chi connectivity index (χ1n) is 9.49. The summed E-state index contributed by atoms with van der Waals surface area (Å²) in [6.07, 6.45) is 2.81. The van der Waals surface area contributed by atoms with E-state index in [-0.39, 0.29) is 18.0 Å². The minimum absolute atomic E-state index is 0.00887. The van der Waals surface area contributed by atoms with Crippen LogP contribution in [0.1, 0.15) is 44.2 Å². The van der Waals surface area contributed by atoms with Gasteiger partial charge in [-0.2, -0.15) is 0 Å². The predicted molar refractivity (Wildman–Crippen MR) is 104 cm³/mol. The van der Waals surface area contributed by atoms with Gasteiger partial charge in [0.25, 0.3) is 0 Å². The Hall–Kier alpha value is -2.08. The van der Waals surface area contributed by atoms with E-state index >= 15 is 0 Å². The van der Waals surface area contributed by atoms with E-state index in [9.17, 15) is 9.59 Å². The molecule has 6 heteroatoms. The van der Waals surface area contributed by atoms with Crippen LogP contribution >= 0.6 is 0 Å². The van der Waals surface area contributed by atoms with Gasteiger partial charge in [-0.3, -0.25) is 4.79 Å². The highest BCUT2D eigenvalue weighted by atomic mass is 16.2. The average molecular weight is 361 g/mol. The van der Waals surface area contributed by atoms with Crippen LogP contribution in [0.3, 0.4) is 0 Å². The number of nitrogens with one attached hydrogen (secondary N) is 3. The lowest BCUT2D eigenvalue weighted by Gasteiger charge is -2.24. The summed E-state index contributed by atoms with van der Waals surface area (Å²) in [5.74, 6) is 0.631. The molecule has 1 saturated carbocycles. The third-order valence-electron chi connectivity index (χ3n) is 4.68. The van der Waals surface area contributed by atoms with Gasteiger partial charge in [0, 0.05) is 19.1 Å². The second-order valence-electron chi connectivity index (χ2n) is 7.68. The molecule has 2 rings (SSSR count). The van der Waals surface area contributed by atoms with Gasteiger partial charge < -0.3 is 21.7 Å². The number of aryl methyl sites for hydroxylation is 1. The van der Waals surface area contributed by atoms with Crippen molar-refractivity contribution in [2.75, 3.05) is 6.54 Å². The van der Waals surface area contributed by atoms with E-state index in [2.05, 4.69) is 16.0 Å². The van der Waals surface area contributed by atoms with E-state index < -0.39 is 6.04 Å². The maximum atomic E-state index is 12.6. The summed E-state index contributed by atoms with van der Waals surface area (Å²) in [4.78, 5) is 24.9. The Morgan fingerprint density at radius 2 is 1.81 bits per heavy atom. The Balaban J connectivity index is 1.87. The molecule has 1 aliphatic rings. The number of benzene rings is 1. The standard InChI is InChI=1S/C20H32N4O2/c1-13(2)10-17(19(25)23-18(11-21)16-8-9-16)24-20(26)22-12-15-6-4-14(3)5-7-15/h4-7,13,16-18H,8-12,21H2,1-3H3,(H,23,25)(H2,22,24,26). The normalized spacial score (nSPS) is 16.0. The Labute approximate surface area is 156 Å². The summed E-state index contributed by atoms with van der Waals surface area (Å²) in [7, 11) is 0. The van der Waals surface area contributed by atoms with Gasteiger partial charge >= 0.3 is 6.03 Å². The fraction of sp³-hybridized carbons (Fsp3) is 0.600. The minimum Gasteiger partial charge on any atom is -0.350 e. The van der Waals surface area contributed by atoms with Crippen LogP contribution in [0.5, 0.6) is 0 Å². The molecule has 0 heterocycles. The molecule has 1 aromatic carbocycles. The van der Waals surface area contributed by atoms with Crippen molar-refractivity contribution in [3.05, 3.63) is 35.4 Å². The second kappa shape index (κ2) is 9.57. The summed E-state index contributed by atoms with van der Waals surface area (Å²) >= 11 is 0. The van der Waals surface area contributed by atoms with Crippen molar-refractivity contribution in [2.24, 2.45) is 17.6 Å². The topological polar surface area (TPSA) is 96.2 Å². The fourth-order valence-corrected chi connectivity index (χ4v) is 2.95. The van der Waals surface area contributed by atoms with Crippen molar-refractivity contribution in [1.82, 2.24) is 16.0 Å². The first-order valence-corrected chi connectivity index (χ1v) is 9.49. The summed E-state index contributed by atoms with van der Waals surface area (Å²) in [5.41, 5.74) is 7.97. The van der Waals surface area contributed by atoms with Crippen LogP contribution in [-0.4, -0.2) is 30.6 Å². The van der Waals surface area contributed by atoms with E-state index in [1.54, 1.807) is 0 Å². The lowest BCUT2D eigenvalue weighted by Crippen LogP contribution is -2.54. The van der Waals surface area contributed by atoms with Crippen LogP contribution in [-0.2, 0) is 11.3 Å². The summed E-state index contributed by atoms with van der Waals surface area (Å²) < 4.78 is 0. The Morgan fingerprint density at radius 3 is 2.35 bits per heavy atom. The number of rotatable bonds is 9. The molecule has 2 unspecified atom stereocenters. The molecule has 0 saturated heterocycles. The average Bonchev–Trinajstić information content (AvgIpc) is 3.43. The highest BCUT2D eigenvalue weighted by Crippen LogP contribution is 2.32. The van der Waals surface area contributed by atoms with Gasteiger partial charge in [-0.1, -0.05) is 43.7 Å². The van der Waals surface area contributed by atoms with Gasteiger partial charge in [0.15, 0.2) is 0 Å². The molecule has 3 amide bonds. The largest absolute Gasteiger partial charge is 0.350 e. The molecule has 0 aliphatic heterocycles. The zero-order valence-electron chi connectivity index (χ0n) is 16.0. The van der Waals surface area contributed by atoms with Crippen molar-refractivity contribution >= 4 is 11.9 Å². The van der Waals surface area contributed by atoms with Crippen molar-refractivity contribution in [2.45, 2.75) is 58.7 Å². The van der Waals surface area contributed by atoms with Crippen LogP contribution in [0.25, 0.3) is 0 Å². The van der Waals surface area contributed by atoms with Gasteiger partial charge in [0.1, 0.15) is 6.04 Å². The molecule has 5 N–H and O–H groups in total. The van der Waals surface area contributed by atoms with Crippen LogP contribution in [0, 0.1) is 18.8 Å². The Morgan fingerprint density at radius 1 is 1.15 bits per heavy atom. The molecule has 0 aromatic heterocycles. The van der Waals surface area contributed by atoms with E-state index in [4.69, 9.17) is 5.73 Å². The predicted octanol–water partition coefficient (Wildman–Crippen LogP) is 2.06. The van der Waals surface area contributed by atoms with Gasteiger partial charge in [0.05, 0.1) is 0 Å². The lowest BCUT2D eigenvalue weighted by molar-refractivity contribution is -0.124. The molecular weight excluding hydrogens is 328 g/mol. The van der Waals surface area contributed by atoms with Crippen LogP contribution in [0.2, 0.25) is 0 Å². The number of urea groups is 1. The SMILES string of the molecule is Cc1ccc(CNC(=O)NC(CC(C)C)C(=O)NC(CN)C2CC2)cc1. The fourth-order valence-electron chi connectivity index (χ4n) is 2.95. The Kier molecular flexibility index (Phi) is 7.45. The number of carbonyl (C=O) groups is 2. The number of amides is 3. The number of hydrogen-bond donors (Lipinski definition) is 4. The Bertz CT molecular complexity index is 596. The number of carbonyl (C=O) groups excluding carboxylic acids is 2. The first kappa shape index (κ1) is 20.2. The zero-order chi connectivity index (χ0) is 19.1. The maximum absolute atomic E-state index is 12.6. The maximum Gasteiger partial charge on any atom is 0.315 e. The van der Waals surface area contributed by atoms with Gasteiger partial charge in [-0.15, -0.1) is 0 Å². The molecule has 0 spiro atoms. The lowest BCUT2D eigenvalue weighted by atomic mass is 10.0. The van der Waals surface area contributed by atoms with E-state index in [0.717, 1.165) is 18.4 Å². The first-order chi connectivity index (χ1) is 12.4. The van der Waals surface area contributed by atoms with E-state index in [1.165, 1.54) is 5.56 Å². The molecular formula is C20H32N4O2. The molecule has 0 radical (unpaired) electrons. The molecule has 1 fully saturated rings. The van der Waals surface area contributed by atoms with Crippen molar-refractivity contribution < 1.29 is 9.59 Å². The van der Waals surface area contributed by atoms with Gasteiger partial charge in [-0.05, 0) is 43.6 Å². The quantitative estimate of drug-likeness (QED) is 0.543. The van der Waals surface area contributed by atoms with Gasteiger partial charge in [0.2, 0.25) is 5.91 Å². The molecule has 0 bridgehead atoms. The van der Waals surface area contributed by atoms with Gasteiger partial charge in [-0.25, -0.2) is 4.79 Å². The second-order valence-corrected chi connectivity index (χ2v) is 7.68. The smallest absolute Gasteiger partial charge is 0.315 e. The minimum atomic E-state index is -0.555. The zero-order valence-corrected chi connectivity index (χ0v) is 16.0.